The van der Waals surface area contributed by atoms with Gasteiger partial charge in [-0.1, -0.05) is 17.7 Å². The van der Waals surface area contributed by atoms with Crippen LogP contribution in [0.15, 0.2) is 42.5 Å². The van der Waals surface area contributed by atoms with E-state index in [1.165, 1.54) is 16.0 Å². The molecule has 1 N–H and O–H groups in total. The first-order valence-corrected chi connectivity index (χ1v) is 11.7. The van der Waals surface area contributed by atoms with Crippen molar-refractivity contribution in [3.63, 3.8) is 0 Å². The van der Waals surface area contributed by atoms with Crippen molar-refractivity contribution in [2.24, 2.45) is 0 Å². The summed E-state index contributed by atoms with van der Waals surface area (Å²) in [6.07, 6.45) is 2.24. The van der Waals surface area contributed by atoms with Gasteiger partial charge in [0.05, 0.1) is 6.10 Å². The lowest BCUT2D eigenvalue weighted by Gasteiger charge is -2.29. The number of ether oxygens (including phenoxy) is 1. The molecule has 1 fully saturated rings. The first kappa shape index (κ1) is 23.5. The lowest BCUT2D eigenvalue weighted by atomic mass is 10.0. The number of anilines is 2. The number of nitrogens with zero attached hydrogens (tertiary/aromatic N) is 3. The van der Waals surface area contributed by atoms with Crippen LogP contribution in [0.3, 0.4) is 0 Å². The minimum atomic E-state index is -0.609. The summed E-state index contributed by atoms with van der Waals surface area (Å²) in [5.41, 5.74) is 4.08. The van der Waals surface area contributed by atoms with E-state index >= 15 is 0 Å². The van der Waals surface area contributed by atoms with Crippen LogP contribution in [-0.2, 0) is 22.4 Å². The number of amides is 3. The van der Waals surface area contributed by atoms with Crippen molar-refractivity contribution in [1.29, 1.82) is 0 Å². The molecule has 2 atom stereocenters. The van der Waals surface area contributed by atoms with Crippen molar-refractivity contribution in [3.8, 4) is 0 Å². The quantitative estimate of drug-likeness (QED) is 0.740. The number of nitrogens with one attached hydrogen (secondary N) is 1. The van der Waals surface area contributed by atoms with Crippen molar-refractivity contribution in [2.45, 2.75) is 31.4 Å². The molecule has 7 nitrogen and oxygen atoms in total. The van der Waals surface area contributed by atoms with E-state index in [4.69, 9.17) is 16.3 Å². The molecule has 0 bridgehead atoms. The number of halogens is 1. The number of carbonyl (C=O) groups excluding carboxylic acids is 2. The van der Waals surface area contributed by atoms with Gasteiger partial charge < -0.3 is 19.9 Å². The van der Waals surface area contributed by atoms with Gasteiger partial charge in [0.2, 0.25) is 5.91 Å². The number of methoxy groups -OCH3 is 1. The zero-order chi connectivity index (χ0) is 23.5. The molecule has 2 aromatic carbocycles. The normalized spacial score (nSPS) is 20.8. The number of hydrogen-bond acceptors (Lipinski definition) is 4. The third-order valence-corrected chi connectivity index (χ3v) is 6.90. The summed E-state index contributed by atoms with van der Waals surface area (Å²) in [6, 6.07) is 12.3. The van der Waals surface area contributed by atoms with Gasteiger partial charge in [-0.25, -0.2) is 4.79 Å². The van der Waals surface area contributed by atoms with Gasteiger partial charge in [-0.15, -0.1) is 0 Å². The average Bonchev–Trinajstić information content (AvgIpc) is 3.17. The Kier molecular flexibility index (Phi) is 7.22. The highest BCUT2D eigenvalue weighted by Gasteiger charge is 2.41. The Hall–Kier alpha value is -2.61. The predicted molar refractivity (Wildman–Crippen MR) is 131 cm³/mol. The minimum Gasteiger partial charge on any atom is -0.380 e. The smallest absolute Gasteiger partial charge is 0.324 e. The van der Waals surface area contributed by atoms with E-state index in [1.807, 2.05) is 6.07 Å². The molecule has 1 saturated heterocycles. The summed E-state index contributed by atoms with van der Waals surface area (Å²) in [5.74, 6) is -0.196. The Balaban J connectivity index is 1.49. The highest BCUT2D eigenvalue weighted by atomic mass is 35.5. The van der Waals surface area contributed by atoms with Gasteiger partial charge in [-0.2, -0.15) is 0 Å². The third-order valence-electron chi connectivity index (χ3n) is 6.64. The van der Waals surface area contributed by atoms with E-state index in [2.05, 4.69) is 29.4 Å². The monoisotopic (exact) mass is 470 g/mol. The van der Waals surface area contributed by atoms with E-state index in [9.17, 15) is 9.59 Å². The van der Waals surface area contributed by atoms with Crippen LogP contribution in [0.25, 0.3) is 0 Å². The standard InChI is InChI=1S/C25H31ClN4O3/c1-28-12-10-17-4-7-20(14-18(17)11-13-28)27-24(31)23-15-22(33-3)16-30(23)25(32)29(2)21-8-5-19(26)6-9-21/h4-9,14,22-23H,10-13,15-16H2,1-3H3,(H,27,31). The SMILES string of the molecule is COC1CC(C(=O)Nc2ccc3c(c2)CCN(C)CC3)N(C(=O)N(C)c2ccc(Cl)cc2)C1. The largest absolute Gasteiger partial charge is 0.380 e. The van der Waals surface area contributed by atoms with Crippen molar-refractivity contribution in [2.75, 3.05) is 51.1 Å². The maximum atomic E-state index is 13.3. The molecule has 4 rings (SSSR count). The molecular formula is C25H31ClN4O3. The number of likely N-dealkylation sites (tertiary alicyclic amines) is 1. The molecule has 0 spiro atoms. The summed E-state index contributed by atoms with van der Waals surface area (Å²) in [6.45, 7) is 2.40. The van der Waals surface area contributed by atoms with Gasteiger partial charge in [0, 0.05) is 56.6 Å². The Morgan fingerprint density at radius 2 is 1.79 bits per heavy atom. The van der Waals surface area contributed by atoms with Crippen LogP contribution in [0.5, 0.6) is 0 Å². The third kappa shape index (κ3) is 5.32. The van der Waals surface area contributed by atoms with Crippen LogP contribution >= 0.6 is 11.6 Å². The topological polar surface area (TPSA) is 65.1 Å². The molecule has 33 heavy (non-hydrogen) atoms. The van der Waals surface area contributed by atoms with Gasteiger partial charge in [-0.05, 0) is 67.4 Å². The number of fused-ring (bicyclic) bond motifs is 1. The fraction of sp³-hybridized carbons (Fsp3) is 0.440. The van der Waals surface area contributed by atoms with E-state index < -0.39 is 6.04 Å². The lowest BCUT2D eigenvalue weighted by Crippen LogP contribution is -2.48. The summed E-state index contributed by atoms with van der Waals surface area (Å²) >= 11 is 5.98. The van der Waals surface area contributed by atoms with Crippen LogP contribution in [0, 0.1) is 0 Å². The first-order chi connectivity index (χ1) is 15.9. The molecule has 0 aromatic heterocycles. The first-order valence-electron chi connectivity index (χ1n) is 11.3. The van der Waals surface area contributed by atoms with E-state index in [0.717, 1.165) is 31.6 Å². The maximum Gasteiger partial charge on any atom is 0.324 e. The average molecular weight is 471 g/mol. The molecule has 2 unspecified atom stereocenters. The predicted octanol–water partition coefficient (Wildman–Crippen LogP) is 3.65. The molecule has 2 aromatic rings. The Morgan fingerprint density at radius 1 is 1.09 bits per heavy atom. The second-order valence-corrected chi connectivity index (χ2v) is 9.29. The molecule has 3 amide bonds. The minimum absolute atomic E-state index is 0.189. The number of carbonyl (C=O) groups is 2. The van der Waals surface area contributed by atoms with Crippen LogP contribution < -0.4 is 10.2 Å². The number of rotatable bonds is 4. The summed E-state index contributed by atoms with van der Waals surface area (Å²) in [5, 5.41) is 3.65. The molecule has 8 heteroatoms. The second-order valence-electron chi connectivity index (χ2n) is 8.86. The van der Waals surface area contributed by atoms with Gasteiger partial charge >= 0.3 is 6.03 Å². The molecule has 176 valence electrons. The van der Waals surface area contributed by atoms with Gasteiger partial charge in [0.25, 0.3) is 0 Å². The second kappa shape index (κ2) is 10.1. The summed E-state index contributed by atoms with van der Waals surface area (Å²) < 4.78 is 5.51. The molecule has 0 radical (unpaired) electrons. The zero-order valence-corrected chi connectivity index (χ0v) is 20.1. The molecular weight excluding hydrogens is 440 g/mol. The number of likely N-dealkylation sites (N-methyl/N-ethyl adjacent to an activating group) is 1. The van der Waals surface area contributed by atoms with Crippen LogP contribution in [0.1, 0.15) is 17.5 Å². The fourth-order valence-corrected chi connectivity index (χ4v) is 4.66. The van der Waals surface area contributed by atoms with E-state index in [0.29, 0.717) is 23.7 Å². The molecule has 0 aliphatic carbocycles. The maximum absolute atomic E-state index is 13.3. The highest BCUT2D eigenvalue weighted by Crippen LogP contribution is 2.26. The van der Waals surface area contributed by atoms with Crippen LogP contribution in [-0.4, -0.2) is 74.7 Å². The van der Waals surface area contributed by atoms with Gasteiger partial charge in [-0.3, -0.25) is 9.69 Å². The number of hydrogen-bond donors (Lipinski definition) is 1. The van der Waals surface area contributed by atoms with Crippen molar-refractivity contribution < 1.29 is 14.3 Å². The van der Waals surface area contributed by atoms with E-state index in [1.54, 1.807) is 43.3 Å². The lowest BCUT2D eigenvalue weighted by molar-refractivity contribution is -0.119. The summed E-state index contributed by atoms with van der Waals surface area (Å²) in [7, 11) is 5.44. The highest BCUT2D eigenvalue weighted by molar-refractivity contribution is 6.30. The van der Waals surface area contributed by atoms with Gasteiger partial charge in [0.1, 0.15) is 6.04 Å². The number of urea groups is 1. The zero-order valence-electron chi connectivity index (χ0n) is 19.4. The Morgan fingerprint density at radius 3 is 2.48 bits per heavy atom. The van der Waals surface area contributed by atoms with E-state index in [-0.39, 0.29) is 18.0 Å². The summed E-state index contributed by atoms with van der Waals surface area (Å²) in [4.78, 5) is 32.0. The number of benzene rings is 2. The Labute approximate surface area is 200 Å². The van der Waals surface area contributed by atoms with Crippen LogP contribution in [0.2, 0.25) is 5.02 Å². The Bertz CT molecular complexity index is 1010. The van der Waals surface area contributed by atoms with Crippen molar-refractivity contribution >= 4 is 34.9 Å². The molecule has 2 aliphatic heterocycles. The van der Waals surface area contributed by atoms with Crippen molar-refractivity contribution in [3.05, 3.63) is 58.6 Å². The van der Waals surface area contributed by atoms with Gasteiger partial charge in [0.15, 0.2) is 0 Å². The molecule has 2 heterocycles. The fourth-order valence-electron chi connectivity index (χ4n) is 4.54. The van der Waals surface area contributed by atoms with Crippen LogP contribution in [0.4, 0.5) is 16.2 Å². The van der Waals surface area contributed by atoms with Crippen molar-refractivity contribution in [1.82, 2.24) is 9.80 Å². The molecule has 2 aliphatic rings. The molecule has 0 saturated carbocycles.